The number of aliphatic hydroxyl groups is 2. The molecule has 2 saturated carbocycles. The van der Waals surface area contributed by atoms with E-state index in [-0.39, 0.29) is 72.7 Å². The lowest BCUT2D eigenvalue weighted by Gasteiger charge is -2.18. The molecular weight excluding hydrogens is 1890 g/mol. The van der Waals surface area contributed by atoms with Gasteiger partial charge in [0.2, 0.25) is 0 Å². The zero-order valence-corrected chi connectivity index (χ0v) is 81.6. The number of Topliss-reactive ketones (excluding diaryl/α,β-unsaturated/α-hetero) is 3. The van der Waals surface area contributed by atoms with Crippen molar-refractivity contribution in [2.24, 2.45) is 0 Å². The molecule has 2 aliphatic carbocycles. The van der Waals surface area contributed by atoms with Crippen LogP contribution in [0.2, 0.25) is 0 Å². The van der Waals surface area contributed by atoms with Crippen molar-refractivity contribution in [3.63, 3.8) is 0 Å². The minimum Gasteiger partial charge on any atom is -0.495 e. The van der Waals surface area contributed by atoms with Crippen LogP contribution in [-0.4, -0.2) is 169 Å². The van der Waals surface area contributed by atoms with Crippen LogP contribution in [0.4, 0.5) is 0 Å². The van der Waals surface area contributed by atoms with Gasteiger partial charge in [-0.05, 0) is 240 Å². The first-order valence-corrected chi connectivity index (χ1v) is 47.9. The summed E-state index contributed by atoms with van der Waals surface area (Å²) >= 11 is 4.25. The Morgan fingerprint density at radius 3 is 0.931 bits per heavy atom. The molecule has 0 spiro atoms. The second-order valence-corrected chi connectivity index (χ2v) is 36.3. The van der Waals surface area contributed by atoms with E-state index in [4.69, 9.17) is 36.9 Å². The number of ketones is 3. The Morgan fingerprint density at radius 2 is 0.667 bits per heavy atom. The Hall–Kier alpha value is -17.2. The number of nitrogens with zero attached hydrogens (tertiary/aromatic N) is 5. The van der Waals surface area contributed by atoms with Crippen molar-refractivity contribution in [1.82, 2.24) is 77.6 Å². The van der Waals surface area contributed by atoms with Gasteiger partial charge in [-0.1, -0.05) is 60.7 Å². The first-order valence-electron chi connectivity index (χ1n) is 45.5. The third-order valence-corrected chi connectivity index (χ3v) is 26.6. The Bertz CT molecular complexity index is 7800. The topological polar surface area (TPSA) is 466 Å². The van der Waals surface area contributed by atoms with Gasteiger partial charge in [0.05, 0.1) is 224 Å². The Morgan fingerprint density at radius 1 is 0.361 bits per heavy atom. The van der Waals surface area contributed by atoms with Gasteiger partial charge in [-0.15, -0.1) is 34.0 Å². The van der Waals surface area contributed by atoms with E-state index in [1.807, 2.05) is 170 Å². The summed E-state index contributed by atoms with van der Waals surface area (Å²) in [6.45, 7) is 4.47. The van der Waals surface area contributed by atoms with E-state index in [1.54, 1.807) is 132 Å². The summed E-state index contributed by atoms with van der Waals surface area (Å²) in [6.07, 6.45) is 31.0. The maximum absolute atomic E-state index is 13.1. The number of fused-ring (bicyclic) bond motifs is 5. The van der Waals surface area contributed by atoms with E-state index in [2.05, 4.69) is 77.6 Å². The summed E-state index contributed by atoms with van der Waals surface area (Å²) in [7, 11) is 7.67. The zero-order valence-electron chi connectivity index (χ0n) is 79.1. The zero-order chi connectivity index (χ0) is 101. The van der Waals surface area contributed by atoms with Crippen molar-refractivity contribution < 1.29 is 85.5 Å². The predicted molar refractivity (Wildman–Crippen MR) is 557 cm³/mol. The molecule has 7 aromatic carbocycles. The molecule has 11 aromatic heterocycles. The minimum atomic E-state index is -0.544. The minimum absolute atomic E-state index is 0.0284. The van der Waals surface area contributed by atoms with Gasteiger partial charge in [0.1, 0.15) is 34.5 Å². The van der Waals surface area contributed by atoms with Gasteiger partial charge in [0.25, 0.3) is 29.5 Å². The van der Waals surface area contributed by atoms with Gasteiger partial charge < -0.3 is 73.7 Å². The largest absolute Gasteiger partial charge is 0.495 e. The molecule has 0 bridgehead atoms. The van der Waals surface area contributed by atoms with E-state index in [9.17, 15) is 48.6 Å². The number of ether oxygens (including phenoxy) is 5. The van der Waals surface area contributed by atoms with Gasteiger partial charge >= 0.3 is 0 Å². The number of nitrogens with one attached hydrogen (secondary N) is 10. The van der Waals surface area contributed by atoms with Crippen molar-refractivity contribution in [1.29, 1.82) is 0 Å². The molecule has 33 nitrogen and oxygen atoms in total. The molecule has 12 N–H and O–H groups in total. The number of aromatic amines is 5. The number of rotatable bonds is 33. The number of thiophene rings is 3. The number of carbonyl (C=O) groups excluding carboxylic acids is 8. The fourth-order valence-electron chi connectivity index (χ4n) is 15.5. The Kier molecular flexibility index (Phi) is 32.4. The average Bonchev–Trinajstić information content (AvgIpc) is 1.62. The van der Waals surface area contributed by atoms with Crippen molar-refractivity contribution in [2.75, 3.05) is 48.8 Å². The van der Waals surface area contributed by atoms with Crippen LogP contribution in [-0.2, 0) is 6.54 Å². The summed E-state index contributed by atoms with van der Waals surface area (Å²) < 4.78 is 43.3. The van der Waals surface area contributed by atoms with Crippen LogP contribution in [0.15, 0.2) is 227 Å². The number of methoxy groups -OCH3 is 5. The van der Waals surface area contributed by atoms with E-state index in [1.165, 1.54) is 62.3 Å². The van der Waals surface area contributed by atoms with Crippen molar-refractivity contribution in [3.05, 3.63) is 327 Å². The molecular formula is C108H99N15O18S3. The highest BCUT2D eigenvalue weighted by Crippen LogP contribution is 2.40. The molecule has 36 heteroatoms. The van der Waals surface area contributed by atoms with Gasteiger partial charge in [0.15, 0.2) is 17.3 Å². The highest BCUT2D eigenvalue weighted by molar-refractivity contribution is 7.15. The van der Waals surface area contributed by atoms with E-state index < -0.39 is 12.1 Å². The number of hydrogen-bond acceptors (Lipinski definition) is 26. The number of H-pyrrole nitrogens is 5. The van der Waals surface area contributed by atoms with Gasteiger partial charge in [-0.2, -0.15) is 25.5 Å². The molecule has 144 heavy (non-hydrogen) atoms. The Labute approximate surface area is 835 Å². The van der Waals surface area contributed by atoms with Gasteiger partial charge in [0, 0.05) is 37.8 Å². The molecule has 11 heterocycles. The van der Waals surface area contributed by atoms with E-state index in [0.717, 1.165) is 101 Å². The molecule has 732 valence electrons. The molecule has 0 unspecified atom stereocenters. The summed E-state index contributed by atoms with van der Waals surface area (Å²) in [4.78, 5) is 103. The van der Waals surface area contributed by atoms with Crippen molar-refractivity contribution in [2.45, 2.75) is 77.2 Å². The maximum Gasteiger partial charge on any atom is 0.255 e. The number of aliphatic hydroxyl groups excluding tert-OH is 2. The standard InChI is InChI=1S/C25H23N3O4S.C23H21N3O4.C22H19N3O4S.C20H19N3O3S.C18H17N3O3/c1-15(30)22-13-9-17(33-22)8-11-19-23-20(28-27-19)12-10-18(24(23)32-2)25(31)26-21(14-29)16-6-4-3-5-7-16;1-29-22-17(23(28)24-20(13-27)16-5-3-2-4-6-16)8-10-19-21(22)18(25-26-19)9-7-15-11-12-30-14-15;1-13(26)19-10-6-15(30-19)5-8-17-20-18(25-24-17)9-7-16(21(20)28-2)22(27)23-12-14-4-3-11-29-14;1-11(24)17-10-6-13(27-17)5-8-15-18-16(23-22-15)9-7-14(19(18)26-2)20(25)21-12-3-4-12;1-23-17-13(18(22)19-12-3-4-12)5-7-15-16(17)14(20-21-15)6-2-11-8-9-24-10-11/h3-13,21,29H,14H2,1-2H3,(H,26,31)(H,27,28);2-12,14,20,27H,13H2,1H3,(H,24,28)(H,25,26);3-11H,12H2,1-2H3,(H,23,27)(H,24,25);5-10,12H,3-4H2,1-2H3,(H,21,25)(H,22,23);2,5-10,12H,3-4H2,1H3,(H,19,22)(H,20,21)/b11-8+;9-7+;2*8-5+;6-2+/t21-;20-;;;/m11.../s1. The lowest BCUT2D eigenvalue weighted by atomic mass is 10.0. The Balaban J connectivity index is 0.000000130. The first-order chi connectivity index (χ1) is 70.1. The van der Waals surface area contributed by atoms with E-state index >= 15 is 0 Å². The third kappa shape index (κ3) is 23.9. The molecule has 2 aliphatic rings. The SMILES string of the molecule is COc1c(C(=O)NC2CC2)ccc2n[nH]c(/C=C/c3ccc(C(C)=O)s3)c12.COc1c(C(=O)NC2CC2)ccc2n[nH]c(/C=C/c3ccoc3)c12.COc1c(C(=O)NCc2ccco2)ccc2n[nH]c(/C=C/c3ccc(C(C)=O)s3)c12.COc1c(C(=O)N[C@H](CO)c2ccccc2)ccc2n[nH]c(/C=C/c3ccc(C(C)=O)s3)c12.COc1c(C(=O)N[C@H](CO)c2ccccc2)ccc2n[nH]c(/C=C/c3ccoc3)c12. The van der Waals surface area contributed by atoms with Crippen LogP contribution in [0, 0.1) is 0 Å². The third-order valence-electron chi connectivity index (χ3n) is 23.1. The summed E-state index contributed by atoms with van der Waals surface area (Å²) in [6, 6.07) is 53.9. The maximum atomic E-state index is 13.1. The van der Waals surface area contributed by atoms with Crippen molar-refractivity contribution >= 4 is 196 Å². The van der Waals surface area contributed by atoms with Gasteiger partial charge in [-0.3, -0.25) is 63.8 Å². The van der Waals surface area contributed by atoms with Crippen LogP contribution in [0.1, 0.15) is 210 Å². The molecule has 0 aliphatic heterocycles. The van der Waals surface area contributed by atoms with Crippen LogP contribution >= 0.6 is 34.0 Å². The number of furan rings is 3. The first kappa shape index (κ1) is 99.8. The molecule has 18 aromatic rings. The molecule has 20 rings (SSSR count). The normalized spacial score (nSPS) is 12.7. The molecule has 0 saturated heterocycles. The second kappa shape index (κ2) is 46.7. The number of carbonyl (C=O) groups is 8. The fraction of sp³-hybridized carbons (Fsp3) is 0.176. The van der Waals surface area contributed by atoms with Gasteiger partial charge in [-0.25, -0.2) is 0 Å². The highest BCUT2D eigenvalue weighted by atomic mass is 32.1. The molecule has 2 fully saturated rings. The molecule has 2 atom stereocenters. The monoisotopic (exact) mass is 1990 g/mol. The number of benzene rings is 7. The lowest BCUT2D eigenvalue weighted by molar-refractivity contribution is 0.0906. The van der Waals surface area contributed by atoms with Crippen molar-refractivity contribution in [3.8, 4) is 28.7 Å². The van der Waals surface area contributed by atoms with Crippen LogP contribution in [0.3, 0.4) is 0 Å². The second-order valence-electron chi connectivity index (χ2n) is 32.9. The average molecular weight is 1990 g/mol. The highest BCUT2D eigenvalue weighted by Gasteiger charge is 2.31. The number of aromatic nitrogens is 10. The summed E-state index contributed by atoms with van der Waals surface area (Å²) in [5, 5.41) is 74.2. The summed E-state index contributed by atoms with van der Waals surface area (Å²) in [5.41, 5.74) is 12.7. The fourth-order valence-corrected chi connectivity index (χ4v) is 17.9. The van der Waals surface area contributed by atoms with Crippen LogP contribution < -0.4 is 50.3 Å². The summed E-state index contributed by atoms with van der Waals surface area (Å²) in [5.74, 6) is 1.85. The number of hydrogen-bond donors (Lipinski definition) is 12. The van der Waals surface area contributed by atoms with Crippen LogP contribution in [0.25, 0.3) is 115 Å². The number of amides is 5. The molecule has 0 radical (unpaired) electrons. The van der Waals surface area contributed by atoms with Crippen LogP contribution in [0.5, 0.6) is 28.7 Å². The quantitative estimate of drug-likeness (QED) is 0.0170. The molecule has 5 amide bonds. The smallest absolute Gasteiger partial charge is 0.255 e. The van der Waals surface area contributed by atoms with E-state index in [0.29, 0.717) is 128 Å². The lowest BCUT2D eigenvalue weighted by Crippen LogP contribution is -2.31. The predicted octanol–water partition coefficient (Wildman–Crippen LogP) is 19.9.